The van der Waals surface area contributed by atoms with Gasteiger partial charge in [0.25, 0.3) is 0 Å². The van der Waals surface area contributed by atoms with Crippen LogP contribution in [0.5, 0.6) is 5.75 Å². The Balaban J connectivity index is 2.27. The van der Waals surface area contributed by atoms with Crippen LogP contribution in [-0.2, 0) is 0 Å². The number of ether oxygens (including phenoxy) is 1. The Morgan fingerprint density at radius 2 is 2.17 bits per heavy atom. The van der Waals surface area contributed by atoms with Crippen molar-refractivity contribution in [3.63, 3.8) is 0 Å². The van der Waals surface area contributed by atoms with Crippen molar-refractivity contribution in [2.24, 2.45) is 5.73 Å². The molecule has 0 aliphatic carbocycles. The Bertz CT molecular complexity index is 528. The molecule has 94 valence electrons. The summed E-state index contributed by atoms with van der Waals surface area (Å²) in [5.41, 5.74) is 8.01. The minimum Gasteiger partial charge on any atom is -0.494 e. The van der Waals surface area contributed by atoms with E-state index in [2.05, 4.69) is 9.97 Å². The van der Waals surface area contributed by atoms with Crippen molar-refractivity contribution < 1.29 is 4.74 Å². The number of nitrogens with zero attached hydrogens (tertiary/aromatic N) is 2. The molecule has 0 aliphatic rings. The number of hydrogen-bond donors (Lipinski definition) is 1. The quantitative estimate of drug-likeness (QED) is 0.894. The summed E-state index contributed by atoms with van der Waals surface area (Å²) in [4.78, 5) is 8.42. The maximum Gasteiger partial charge on any atom is 0.125 e. The van der Waals surface area contributed by atoms with Crippen LogP contribution in [-0.4, -0.2) is 16.6 Å². The second-order valence-corrected chi connectivity index (χ2v) is 4.01. The van der Waals surface area contributed by atoms with E-state index in [0.717, 1.165) is 22.8 Å². The monoisotopic (exact) mass is 243 g/mol. The molecule has 4 heteroatoms. The van der Waals surface area contributed by atoms with Crippen molar-refractivity contribution in [1.29, 1.82) is 0 Å². The molecule has 0 amide bonds. The molecule has 0 fully saturated rings. The standard InChI is InChI=1S/C14H17N3O/c1-3-18-12-6-4-5-11(9-12)14(15)13-7-8-16-10(2)17-13/h4-9,14H,3,15H2,1-2H3. The third-order valence-corrected chi connectivity index (χ3v) is 2.64. The lowest BCUT2D eigenvalue weighted by molar-refractivity contribution is 0.340. The fraction of sp³-hybridized carbons (Fsp3) is 0.286. The fourth-order valence-electron chi connectivity index (χ4n) is 1.78. The Kier molecular flexibility index (Phi) is 3.89. The molecule has 0 bridgehead atoms. The molecular weight excluding hydrogens is 226 g/mol. The largest absolute Gasteiger partial charge is 0.494 e. The lowest BCUT2D eigenvalue weighted by Crippen LogP contribution is -2.14. The number of rotatable bonds is 4. The highest BCUT2D eigenvalue weighted by Gasteiger charge is 2.11. The average molecular weight is 243 g/mol. The highest BCUT2D eigenvalue weighted by molar-refractivity contribution is 5.34. The van der Waals surface area contributed by atoms with Gasteiger partial charge in [-0.15, -0.1) is 0 Å². The molecule has 1 heterocycles. The van der Waals surface area contributed by atoms with Gasteiger partial charge in [0.05, 0.1) is 18.3 Å². The van der Waals surface area contributed by atoms with Crippen LogP contribution in [0.4, 0.5) is 0 Å². The molecule has 0 aliphatic heterocycles. The summed E-state index contributed by atoms with van der Waals surface area (Å²) in [7, 11) is 0. The molecule has 18 heavy (non-hydrogen) atoms. The minimum absolute atomic E-state index is 0.257. The lowest BCUT2D eigenvalue weighted by Gasteiger charge is -2.13. The van der Waals surface area contributed by atoms with E-state index in [-0.39, 0.29) is 6.04 Å². The van der Waals surface area contributed by atoms with Crippen LogP contribution in [0.1, 0.15) is 30.0 Å². The summed E-state index contributed by atoms with van der Waals surface area (Å²) in [6.45, 7) is 4.46. The van der Waals surface area contributed by atoms with E-state index in [9.17, 15) is 0 Å². The normalized spacial score (nSPS) is 12.2. The highest BCUT2D eigenvalue weighted by atomic mass is 16.5. The van der Waals surface area contributed by atoms with Gasteiger partial charge in [-0.1, -0.05) is 12.1 Å². The highest BCUT2D eigenvalue weighted by Crippen LogP contribution is 2.21. The molecule has 0 spiro atoms. The zero-order valence-electron chi connectivity index (χ0n) is 10.6. The molecule has 1 aromatic heterocycles. The van der Waals surface area contributed by atoms with Gasteiger partial charge in [-0.2, -0.15) is 0 Å². The molecular formula is C14H17N3O. The molecule has 2 rings (SSSR count). The van der Waals surface area contributed by atoms with Crippen molar-refractivity contribution in [2.75, 3.05) is 6.61 Å². The van der Waals surface area contributed by atoms with Gasteiger partial charge in [0.2, 0.25) is 0 Å². The molecule has 0 saturated carbocycles. The van der Waals surface area contributed by atoms with Crippen LogP contribution in [0, 0.1) is 6.92 Å². The number of aryl methyl sites for hydroxylation is 1. The SMILES string of the molecule is CCOc1cccc(C(N)c2ccnc(C)n2)c1. The van der Waals surface area contributed by atoms with Crippen LogP contribution in [0.25, 0.3) is 0 Å². The van der Waals surface area contributed by atoms with E-state index in [1.165, 1.54) is 0 Å². The van der Waals surface area contributed by atoms with E-state index in [1.807, 2.05) is 44.2 Å². The molecule has 2 aromatic rings. The Morgan fingerprint density at radius 3 is 2.89 bits per heavy atom. The van der Waals surface area contributed by atoms with Gasteiger partial charge < -0.3 is 10.5 Å². The van der Waals surface area contributed by atoms with Crippen molar-refractivity contribution >= 4 is 0 Å². The number of hydrogen-bond acceptors (Lipinski definition) is 4. The van der Waals surface area contributed by atoms with Crippen molar-refractivity contribution in [3.8, 4) is 5.75 Å². The fourth-order valence-corrected chi connectivity index (χ4v) is 1.78. The van der Waals surface area contributed by atoms with Gasteiger partial charge in [0.1, 0.15) is 11.6 Å². The molecule has 1 atom stereocenters. The molecule has 1 aromatic carbocycles. The summed E-state index contributed by atoms with van der Waals surface area (Å²) in [6, 6.07) is 9.37. The zero-order valence-corrected chi connectivity index (χ0v) is 10.6. The van der Waals surface area contributed by atoms with Crippen LogP contribution in [0.3, 0.4) is 0 Å². The maximum absolute atomic E-state index is 6.20. The molecule has 0 radical (unpaired) electrons. The zero-order chi connectivity index (χ0) is 13.0. The van der Waals surface area contributed by atoms with Crippen LogP contribution >= 0.6 is 0 Å². The van der Waals surface area contributed by atoms with Crippen LogP contribution in [0.15, 0.2) is 36.5 Å². The predicted molar refractivity (Wildman–Crippen MR) is 70.4 cm³/mol. The first-order valence-electron chi connectivity index (χ1n) is 5.98. The molecule has 1 unspecified atom stereocenters. The Labute approximate surface area is 107 Å². The first kappa shape index (κ1) is 12.5. The second kappa shape index (κ2) is 5.60. The Hall–Kier alpha value is -1.94. The van der Waals surface area contributed by atoms with Crippen molar-refractivity contribution in [3.05, 3.63) is 53.6 Å². The molecule has 0 saturated heterocycles. The van der Waals surface area contributed by atoms with E-state index < -0.39 is 0 Å². The van der Waals surface area contributed by atoms with Gasteiger partial charge in [0, 0.05) is 6.20 Å². The molecule has 2 N–H and O–H groups in total. The van der Waals surface area contributed by atoms with E-state index >= 15 is 0 Å². The first-order chi connectivity index (χ1) is 8.70. The number of aromatic nitrogens is 2. The van der Waals surface area contributed by atoms with Gasteiger partial charge in [-0.05, 0) is 37.6 Å². The van der Waals surface area contributed by atoms with Crippen LogP contribution < -0.4 is 10.5 Å². The summed E-state index contributed by atoms with van der Waals surface area (Å²) >= 11 is 0. The van der Waals surface area contributed by atoms with E-state index in [1.54, 1.807) is 6.20 Å². The summed E-state index contributed by atoms with van der Waals surface area (Å²) in [5, 5.41) is 0. The number of benzene rings is 1. The maximum atomic E-state index is 6.20. The summed E-state index contributed by atoms with van der Waals surface area (Å²) in [6.07, 6.45) is 1.73. The lowest BCUT2D eigenvalue weighted by atomic mass is 10.0. The van der Waals surface area contributed by atoms with Crippen LogP contribution in [0.2, 0.25) is 0 Å². The predicted octanol–water partition coefficient (Wildman–Crippen LogP) is 2.23. The second-order valence-electron chi connectivity index (χ2n) is 4.01. The molecule has 4 nitrogen and oxygen atoms in total. The smallest absolute Gasteiger partial charge is 0.125 e. The summed E-state index contributed by atoms with van der Waals surface area (Å²) < 4.78 is 5.47. The van der Waals surface area contributed by atoms with Gasteiger partial charge in [-0.25, -0.2) is 9.97 Å². The van der Waals surface area contributed by atoms with Crippen molar-refractivity contribution in [2.45, 2.75) is 19.9 Å². The van der Waals surface area contributed by atoms with E-state index in [4.69, 9.17) is 10.5 Å². The van der Waals surface area contributed by atoms with Gasteiger partial charge in [-0.3, -0.25) is 0 Å². The first-order valence-corrected chi connectivity index (χ1v) is 5.98. The average Bonchev–Trinajstić information content (AvgIpc) is 2.39. The van der Waals surface area contributed by atoms with Gasteiger partial charge >= 0.3 is 0 Å². The topological polar surface area (TPSA) is 61.0 Å². The summed E-state index contributed by atoms with van der Waals surface area (Å²) in [5.74, 6) is 1.56. The third-order valence-electron chi connectivity index (χ3n) is 2.64. The Morgan fingerprint density at radius 1 is 1.33 bits per heavy atom. The number of nitrogens with two attached hydrogens (primary N) is 1. The van der Waals surface area contributed by atoms with Crippen molar-refractivity contribution in [1.82, 2.24) is 9.97 Å². The van der Waals surface area contributed by atoms with Gasteiger partial charge in [0.15, 0.2) is 0 Å². The minimum atomic E-state index is -0.257. The third kappa shape index (κ3) is 2.84. The van der Waals surface area contributed by atoms with E-state index in [0.29, 0.717) is 6.61 Å².